The summed E-state index contributed by atoms with van der Waals surface area (Å²) in [5.41, 5.74) is 0. The van der Waals surface area contributed by atoms with Crippen molar-refractivity contribution >= 4 is 35.5 Å². The number of carboxylic acids is 1. The Kier molecular flexibility index (Phi) is 6.85. The SMILES string of the molecule is CSCC[C@@H](NC(=O)NCC1(C)CCCS1)C(=O)O. The highest BCUT2D eigenvalue weighted by Crippen LogP contribution is 2.36. The Labute approximate surface area is 122 Å². The molecule has 19 heavy (non-hydrogen) atoms. The normalized spacial score (nSPS) is 23.9. The molecule has 1 aliphatic heterocycles. The molecule has 0 bridgehead atoms. The molecule has 0 spiro atoms. The first-order chi connectivity index (χ1) is 8.97. The van der Waals surface area contributed by atoms with Gasteiger partial charge < -0.3 is 15.7 Å². The Morgan fingerprint density at radius 1 is 1.53 bits per heavy atom. The summed E-state index contributed by atoms with van der Waals surface area (Å²) in [6.07, 6.45) is 4.62. The number of hydrogen-bond acceptors (Lipinski definition) is 4. The predicted molar refractivity (Wildman–Crippen MR) is 81.1 cm³/mol. The van der Waals surface area contributed by atoms with E-state index in [1.165, 1.54) is 6.42 Å². The number of nitrogens with one attached hydrogen (secondary N) is 2. The average molecular weight is 306 g/mol. The van der Waals surface area contributed by atoms with Crippen LogP contribution in [-0.4, -0.2) is 52.2 Å². The van der Waals surface area contributed by atoms with E-state index in [1.807, 2.05) is 18.0 Å². The third-order valence-electron chi connectivity index (χ3n) is 3.14. The van der Waals surface area contributed by atoms with E-state index in [1.54, 1.807) is 11.8 Å². The van der Waals surface area contributed by atoms with E-state index in [4.69, 9.17) is 5.11 Å². The molecule has 110 valence electrons. The minimum absolute atomic E-state index is 0.0926. The number of amides is 2. The van der Waals surface area contributed by atoms with E-state index in [-0.39, 0.29) is 10.8 Å². The van der Waals surface area contributed by atoms with Crippen LogP contribution in [0, 0.1) is 0 Å². The third-order valence-corrected chi connectivity index (χ3v) is 5.32. The molecule has 1 fully saturated rings. The largest absolute Gasteiger partial charge is 0.480 e. The highest BCUT2D eigenvalue weighted by molar-refractivity contribution is 8.00. The Balaban J connectivity index is 2.33. The first kappa shape index (κ1) is 16.5. The predicted octanol–water partition coefficient (Wildman–Crippen LogP) is 1.78. The van der Waals surface area contributed by atoms with Crippen LogP contribution in [0.5, 0.6) is 0 Å². The Morgan fingerprint density at radius 2 is 2.26 bits per heavy atom. The molecule has 1 rings (SSSR count). The Hall–Kier alpha value is -0.560. The zero-order valence-electron chi connectivity index (χ0n) is 11.4. The highest BCUT2D eigenvalue weighted by atomic mass is 32.2. The maximum atomic E-state index is 11.7. The van der Waals surface area contributed by atoms with Gasteiger partial charge >= 0.3 is 12.0 Å². The van der Waals surface area contributed by atoms with E-state index in [0.29, 0.717) is 18.7 Å². The molecule has 1 unspecified atom stereocenters. The first-order valence-electron chi connectivity index (χ1n) is 6.37. The van der Waals surface area contributed by atoms with Crippen LogP contribution in [0.15, 0.2) is 0 Å². The van der Waals surface area contributed by atoms with Crippen LogP contribution < -0.4 is 10.6 Å². The fraction of sp³-hybridized carbons (Fsp3) is 0.833. The number of aliphatic carboxylic acids is 1. The van der Waals surface area contributed by atoms with Gasteiger partial charge in [0.25, 0.3) is 0 Å². The molecule has 2 amide bonds. The molecule has 0 aromatic heterocycles. The maximum absolute atomic E-state index is 11.7. The van der Waals surface area contributed by atoms with Crippen LogP contribution in [0.1, 0.15) is 26.2 Å². The summed E-state index contributed by atoms with van der Waals surface area (Å²) in [5.74, 6) is 0.862. The highest BCUT2D eigenvalue weighted by Gasteiger charge is 2.30. The van der Waals surface area contributed by atoms with Crippen molar-refractivity contribution in [2.75, 3.05) is 24.3 Å². The monoisotopic (exact) mass is 306 g/mol. The molecular formula is C12H22N2O3S2. The van der Waals surface area contributed by atoms with Gasteiger partial charge in [-0.1, -0.05) is 0 Å². The molecule has 0 aliphatic carbocycles. The minimum Gasteiger partial charge on any atom is -0.480 e. The third kappa shape index (κ3) is 5.95. The minimum atomic E-state index is -0.981. The van der Waals surface area contributed by atoms with Crippen molar-refractivity contribution in [3.63, 3.8) is 0 Å². The lowest BCUT2D eigenvalue weighted by molar-refractivity contribution is -0.139. The summed E-state index contributed by atoms with van der Waals surface area (Å²) in [6.45, 7) is 2.71. The van der Waals surface area contributed by atoms with Crippen molar-refractivity contribution in [3.8, 4) is 0 Å². The standard InChI is InChI=1S/C12H22N2O3S2/c1-12(5-3-6-19-12)8-13-11(17)14-9(10(15)16)4-7-18-2/h9H,3-8H2,1-2H3,(H,15,16)(H2,13,14,17)/t9-,12?/m1/s1. The van der Waals surface area contributed by atoms with Gasteiger partial charge in [0, 0.05) is 11.3 Å². The van der Waals surface area contributed by atoms with Crippen molar-refractivity contribution in [3.05, 3.63) is 0 Å². The lowest BCUT2D eigenvalue weighted by Crippen LogP contribution is -2.49. The van der Waals surface area contributed by atoms with E-state index in [2.05, 4.69) is 17.6 Å². The van der Waals surface area contributed by atoms with Gasteiger partial charge in [0.1, 0.15) is 6.04 Å². The quantitative estimate of drug-likeness (QED) is 0.668. The van der Waals surface area contributed by atoms with Crippen molar-refractivity contribution < 1.29 is 14.7 Å². The zero-order valence-corrected chi connectivity index (χ0v) is 13.0. The van der Waals surface area contributed by atoms with Crippen LogP contribution in [-0.2, 0) is 4.79 Å². The molecule has 1 saturated heterocycles. The van der Waals surface area contributed by atoms with Gasteiger partial charge in [-0.25, -0.2) is 9.59 Å². The summed E-state index contributed by atoms with van der Waals surface area (Å²) in [5, 5.41) is 14.3. The van der Waals surface area contributed by atoms with Gasteiger partial charge in [0.05, 0.1) is 0 Å². The number of carbonyl (C=O) groups is 2. The fourth-order valence-corrected chi connectivity index (χ4v) is 3.66. The number of hydrogen-bond donors (Lipinski definition) is 3. The summed E-state index contributed by atoms with van der Waals surface area (Å²) < 4.78 is 0.0926. The summed E-state index contributed by atoms with van der Waals surface area (Å²) in [6, 6.07) is -1.20. The van der Waals surface area contributed by atoms with Crippen molar-refractivity contribution in [1.29, 1.82) is 0 Å². The fourth-order valence-electron chi connectivity index (χ4n) is 1.95. The Bertz CT molecular complexity index is 320. The lowest BCUT2D eigenvalue weighted by atomic mass is 10.1. The average Bonchev–Trinajstić information content (AvgIpc) is 2.79. The summed E-state index contributed by atoms with van der Waals surface area (Å²) in [4.78, 5) is 22.7. The first-order valence-corrected chi connectivity index (χ1v) is 8.75. The van der Waals surface area contributed by atoms with Crippen molar-refractivity contribution in [2.45, 2.75) is 37.0 Å². The molecule has 5 nitrogen and oxygen atoms in total. The van der Waals surface area contributed by atoms with Gasteiger partial charge in [-0.2, -0.15) is 23.5 Å². The number of carbonyl (C=O) groups excluding carboxylic acids is 1. The molecule has 0 aromatic carbocycles. The number of carboxylic acid groups (broad SMARTS) is 1. The lowest BCUT2D eigenvalue weighted by Gasteiger charge is -2.23. The molecule has 0 aromatic rings. The molecule has 0 radical (unpaired) electrons. The zero-order chi connectivity index (χ0) is 14.3. The second kappa shape index (κ2) is 7.89. The number of thioether (sulfide) groups is 2. The summed E-state index contributed by atoms with van der Waals surface area (Å²) in [7, 11) is 0. The van der Waals surface area contributed by atoms with Gasteiger partial charge in [-0.3, -0.25) is 0 Å². The molecule has 1 heterocycles. The summed E-state index contributed by atoms with van der Waals surface area (Å²) >= 11 is 3.43. The smallest absolute Gasteiger partial charge is 0.326 e. The van der Waals surface area contributed by atoms with Crippen molar-refractivity contribution in [2.24, 2.45) is 0 Å². The molecular weight excluding hydrogens is 284 g/mol. The number of rotatable bonds is 7. The molecule has 1 aliphatic rings. The van der Waals surface area contributed by atoms with Crippen LogP contribution >= 0.6 is 23.5 Å². The Morgan fingerprint density at radius 3 is 2.79 bits per heavy atom. The second-order valence-corrected chi connectivity index (χ2v) is 7.57. The molecule has 2 atom stereocenters. The number of urea groups is 1. The molecule has 0 saturated carbocycles. The van der Waals surface area contributed by atoms with E-state index in [0.717, 1.165) is 12.2 Å². The van der Waals surface area contributed by atoms with Crippen molar-refractivity contribution in [1.82, 2.24) is 10.6 Å². The van der Waals surface area contributed by atoms with E-state index >= 15 is 0 Å². The van der Waals surface area contributed by atoms with Gasteiger partial charge in [0.15, 0.2) is 0 Å². The topological polar surface area (TPSA) is 78.4 Å². The molecule has 3 N–H and O–H groups in total. The van der Waals surface area contributed by atoms with Crippen LogP contribution in [0.25, 0.3) is 0 Å². The van der Waals surface area contributed by atoms with E-state index < -0.39 is 12.0 Å². The van der Waals surface area contributed by atoms with E-state index in [9.17, 15) is 9.59 Å². The second-order valence-electron chi connectivity index (χ2n) is 4.90. The van der Waals surface area contributed by atoms with Crippen LogP contribution in [0.4, 0.5) is 4.79 Å². The van der Waals surface area contributed by atoms with Gasteiger partial charge in [-0.15, -0.1) is 0 Å². The van der Waals surface area contributed by atoms with Gasteiger partial charge in [0.2, 0.25) is 0 Å². The maximum Gasteiger partial charge on any atom is 0.326 e. The van der Waals surface area contributed by atoms with Crippen LogP contribution in [0.2, 0.25) is 0 Å². The van der Waals surface area contributed by atoms with Gasteiger partial charge in [-0.05, 0) is 43.9 Å². The molecule has 7 heteroatoms. The van der Waals surface area contributed by atoms with Crippen LogP contribution in [0.3, 0.4) is 0 Å².